The van der Waals surface area contributed by atoms with Crippen LogP contribution >= 0.6 is 0 Å². The Morgan fingerprint density at radius 3 is 2.39 bits per heavy atom. The molecule has 1 heterocycles. The van der Waals surface area contributed by atoms with Crippen LogP contribution in [0.1, 0.15) is 10.5 Å². The first-order chi connectivity index (χ1) is 14.6. The Morgan fingerprint density at radius 1 is 1.16 bits per heavy atom. The molecule has 1 aromatic heterocycles. The minimum Gasteiger partial charge on any atom is -0.505 e. The Balaban J connectivity index is 2.30. The normalized spacial score (nSPS) is 15.1. The van der Waals surface area contributed by atoms with Gasteiger partial charge in [-0.05, 0) is 12.1 Å². The van der Waals surface area contributed by atoms with Crippen molar-refractivity contribution in [2.75, 3.05) is 27.3 Å². The maximum atomic E-state index is 12.7. The molecule has 12 heteroatoms. The van der Waals surface area contributed by atoms with Gasteiger partial charge < -0.3 is 40.3 Å². The molecule has 0 radical (unpaired) electrons. The van der Waals surface area contributed by atoms with Gasteiger partial charge in [-0.25, -0.2) is 0 Å². The SMILES string of the molecule is COc1ccccc1-n1nc(C(=O)N(C)CC(O)C(O)C(O)C(O)CO)c(O)cc1=O. The maximum Gasteiger partial charge on any atom is 0.278 e. The molecule has 2 aromatic rings. The quantitative estimate of drug-likeness (QED) is 0.243. The van der Waals surface area contributed by atoms with Crippen molar-refractivity contribution in [2.24, 2.45) is 0 Å². The Kier molecular flexibility index (Phi) is 8.08. The average Bonchev–Trinajstić information content (AvgIpc) is 2.76. The molecule has 1 amide bonds. The number of likely N-dealkylation sites (N-methyl/N-ethyl adjacent to an activating group) is 1. The molecule has 0 fully saturated rings. The van der Waals surface area contributed by atoms with Gasteiger partial charge in [0.1, 0.15) is 35.9 Å². The van der Waals surface area contributed by atoms with Crippen LogP contribution in [0.2, 0.25) is 0 Å². The molecule has 12 nitrogen and oxygen atoms in total. The van der Waals surface area contributed by atoms with E-state index in [9.17, 15) is 35.1 Å². The number of hydrogen-bond donors (Lipinski definition) is 6. The van der Waals surface area contributed by atoms with E-state index in [1.54, 1.807) is 18.2 Å². The van der Waals surface area contributed by atoms with Crippen molar-refractivity contribution < 1.29 is 40.2 Å². The molecule has 170 valence electrons. The number of aromatic nitrogens is 2. The Bertz CT molecular complexity index is 965. The fourth-order valence-electron chi connectivity index (χ4n) is 2.79. The number of ether oxygens (including phenoxy) is 1. The monoisotopic (exact) mass is 439 g/mol. The second-order valence-electron chi connectivity index (χ2n) is 6.78. The minimum atomic E-state index is -1.87. The van der Waals surface area contributed by atoms with Crippen molar-refractivity contribution in [1.82, 2.24) is 14.7 Å². The van der Waals surface area contributed by atoms with E-state index in [0.717, 1.165) is 15.6 Å². The number of aromatic hydroxyl groups is 1. The molecule has 0 aliphatic heterocycles. The number of rotatable bonds is 9. The number of aliphatic hydroxyl groups excluding tert-OH is 5. The summed E-state index contributed by atoms with van der Waals surface area (Å²) in [5, 5.41) is 61.8. The molecule has 0 saturated heterocycles. The first kappa shape index (κ1) is 24.2. The van der Waals surface area contributed by atoms with E-state index in [1.165, 1.54) is 20.2 Å². The number of benzene rings is 1. The van der Waals surface area contributed by atoms with E-state index in [4.69, 9.17) is 9.84 Å². The van der Waals surface area contributed by atoms with E-state index in [0.29, 0.717) is 5.75 Å². The van der Waals surface area contributed by atoms with Gasteiger partial charge in [-0.1, -0.05) is 12.1 Å². The number of aliphatic hydroxyl groups is 5. The second-order valence-corrected chi connectivity index (χ2v) is 6.78. The summed E-state index contributed by atoms with van der Waals surface area (Å²) in [6.07, 6.45) is -7.13. The molecule has 2 rings (SSSR count). The molecule has 31 heavy (non-hydrogen) atoms. The van der Waals surface area contributed by atoms with E-state index in [1.807, 2.05) is 0 Å². The lowest BCUT2D eigenvalue weighted by Crippen LogP contribution is -2.50. The fourth-order valence-corrected chi connectivity index (χ4v) is 2.79. The van der Waals surface area contributed by atoms with Gasteiger partial charge in [-0.3, -0.25) is 9.59 Å². The number of nitrogens with zero attached hydrogens (tertiary/aromatic N) is 3. The molecule has 0 aliphatic carbocycles. The molecule has 4 unspecified atom stereocenters. The lowest BCUT2D eigenvalue weighted by molar-refractivity contribution is -0.117. The van der Waals surface area contributed by atoms with Crippen molar-refractivity contribution in [2.45, 2.75) is 24.4 Å². The number of carbonyl (C=O) groups is 1. The van der Waals surface area contributed by atoms with Crippen molar-refractivity contribution in [3.8, 4) is 17.2 Å². The van der Waals surface area contributed by atoms with Crippen LogP contribution in [0.25, 0.3) is 5.69 Å². The van der Waals surface area contributed by atoms with Gasteiger partial charge in [-0.2, -0.15) is 9.78 Å². The molecular weight excluding hydrogens is 414 g/mol. The smallest absolute Gasteiger partial charge is 0.278 e. The van der Waals surface area contributed by atoms with E-state index in [2.05, 4.69) is 5.10 Å². The molecule has 1 aromatic carbocycles. The van der Waals surface area contributed by atoms with Gasteiger partial charge in [0.25, 0.3) is 11.5 Å². The lowest BCUT2D eigenvalue weighted by Gasteiger charge is -2.28. The highest BCUT2D eigenvalue weighted by atomic mass is 16.5. The van der Waals surface area contributed by atoms with Crippen LogP contribution in [0.5, 0.6) is 11.5 Å². The molecule has 6 N–H and O–H groups in total. The van der Waals surface area contributed by atoms with E-state index < -0.39 is 60.5 Å². The lowest BCUT2D eigenvalue weighted by atomic mass is 10.0. The van der Waals surface area contributed by atoms with Crippen LogP contribution in [0, 0.1) is 0 Å². The summed E-state index contributed by atoms with van der Waals surface area (Å²) in [7, 11) is 2.62. The summed E-state index contributed by atoms with van der Waals surface area (Å²) in [6, 6.07) is 7.19. The molecule has 0 spiro atoms. The van der Waals surface area contributed by atoms with Gasteiger partial charge in [0.15, 0.2) is 11.4 Å². The summed E-state index contributed by atoms with van der Waals surface area (Å²) in [5.74, 6) is -1.30. The summed E-state index contributed by atoms with van der Waals surface area (Å²) < 4.78 is 6.05. The van der Waals surface area contributed by atoms with Crippen LogP contribution in [-0.4, -0.2) is 103 Å². The fraction of sp³-hybridized carbons (Fsp3) is 0.421. The third-order valence-electron chi connectivity index (χ3n) is 4.56. The van der Waals surface area contributed by atoms with E-state index >= 15 is 0 Å². The van der Waals surface area contributed by atoms with Gasteiger partial charge in [0.05, 0.1) is 13.7 Å². The Morgan fingerprint density at radius 2 is 1.77 bits per heavy atom. The Hall–Kier alpha value is -3.03. The van der Waals surface area contributed by atoms with Crippen LogP contribution in [0.3, 0.4) is 0 Å². The largest absolute Gasteiger partial charge is 0.505 e. The second kappa shape index (κ2) is 10.3. The average molecular weight is 439 g/mol. The molecule has 4 atom stereocenters. The van der Waals surface area contributed by atoms with Crippen LogP contribution in [0.15, 0.2) is 35.1 Å². The van der Waals surface area contributed by atoms with Crippen molar-refractivity contribution in [3.63, 3.8) is 0 Å². The summed E-state index contributed by atoms with van der Waals surface area (Å²) >= 11 is 0. The van der Waals surface area contributed by atoms with Crippen LogP contribution in [-0.2, 0) is 0 Å². The third kappa shape index (κ3) is 5.37. The molecule has 0 bridgehead atoms. The zero-order valence-corrected chi connectivity index (χ0v) is 16.9. The van der Waals surface area contributed by atoms with Crippen molar-refractivity contribution in [3.05, 3.63) is 46.4 Å². The highest BCUT2D eigenvalue weighted by molar-refractivity contribution is 5.94. The summed E-state index contributed by atoms with van der Waals surface area (Å²) in [6.45, 7) is -1.37. The Labute approximate surface area is 176 Å². The summed E-state index contributed by atoms with van der Waals surface area (Å²) in [4.78, 5) is 25.9. The number of hydrogen-bond acceptors (Lipinski definition) is 10. The minimum absolute atomic E-state index is 0.225. The maximum absolute atomic E-state index is 12.7. The number of amides is 1. The predicted molar refractivity (Wildman–Crippen MR) is 106 cm³/mol. The highest BCUT2D eigenvalue weighted by Crippen LogP contribution is 2.22. The zero-order chi connectivity index (χ0) is 23.3. The zero-order valence-electron chi connectivity index (χ0n) is 16.9. The number of methoxy groups -OCH3 is 1. The van der Waals surface area contributed by atoms with Crippen molar-refractivity contribution >= 4 is 5.91 Å². The van der Waals surface area contributed by atoms with Crippen LogP contribution in [0.4, 0.5) is 0 Å². The van der Waals surface area contributed by atoms with Crippen molar-refractivity contribution in [1.29, 1.82) is 0 Å². The molecular formula is C19H25N3O9. The van der Waals surface area contributed by atoms with Gasteiger partial charge >= 0.3 is 0 Å². The first-order valence-electron chi connectivity index (χ1n) is 9.17. The van der Waals surface area contributed by atoms with Gasteiger partial charge in [0.2, 0.25) is 0 Å². The third-order valence-corrected chi connectivity index (χ3v) is 4.56. The van der Waals surface area contributed by atoms with E-state index in [-0.39, 0.29) is 5.69 Å². The highest BCUT2D eigenvalue weighted by Gasteiger charge is 2.32. The van der Waals surface area contributed by atoms with Gasteiger partial charge in [0, 0.05) is 19.7 Å². The van der Waals surface area contributed by atoms with Gasteiger partial charge in [-0.15, -0.1) is 0 Å². The molecule has 0 saturated carbocycles. The number of carbonyl (C=O) groups excluding carboxylic acids is 1. The standard InChI is InChI=1S/C19H25N3O9/c1-21(8-12(25)17(28)18(29)13(26)9-23)19(30)16-11(24)7-15(27)22(20-16)10-5-3-4-6-14(10)31-2/h3-7,12-13,17-18,23-26,28-29H,8-9H2,1-2H3. The van der Waals surface area contributed by atoms with Crippen LogP contribution < -0.4 is 10.3 Å². The first-order valence-corrected chi connectivity index (χ1v) is 9.17. The molecule has 0 aliphatic rings. The summed E-state index contributed by atoms with van der Waals surface area (Å²) in [5.41, 5.74) is -1.01. The predicted octanol–water partition coefficient (Wildman–Crippen LogP) is -2.55. The topological polar surface area (TPSA) is 186 Å². The number of para-hydroxylation sites is 2.